The van der Waals surface area contributed by atoms with E-state index in [1.54, 1.807) is 27.5 Å². The summed E-state index contributed by atoms with van der Waals surface area (Å²) in [5, 5.41) is 0. The summed E-state index contributed by atoms with van der Waals surface area (Å²) in [6.45, 7) is 0. The zero-order valence-electron chi connectivity index (χ0n) is 14.4. The van der Waals surface area contributed by atoms with E-state index < -0.39 is 0 Å². The van der Waals surface area contributed by atoms with Crippen LogP contribution in [0.2, 0.25) is 0 Å². The van der Waals surface area contributed by atoms with Gasteiger partial charge >= 0.3 is 0 Å². The van der Waals surface area contributed by atoms with Crippen LogP contribution in [0.4, 0.5) is 0 Å². The first kappa shape index (κ1) is 16.6. The van der Waals surface area contributed by atoms with E-state index in [1.807, 2.05) is 54.6 Å². The van der Waals surface area contributed by atoms with Gasteiger partial charge in [-0.05, 0) is 48.0 Å². The SMILES string of the molecule is COc1ccc(-c2cnc(/C=C/c3ccc(OC)c(OC)c3)o2)cc1. The zero-order valence-corrected chi connectivity index (χ0v) is 14.4. The lowest BCUT2D eigenvalue weighted by Gasteiger charge is -2.07. The summed E-state index contributed by atoms with van der Waals surface area (Å²) in [4.78, 5) is 4.29. The maximum Gasteiger partial charge on any atom is 0.219 e. The summed E-state index contributed by atoms with van der Waals surface area (Å²) in [5.41, 5.74) is 1.90. The molecule has 0 spiro atoms. The van der Waals surface area contributed by atoms with E-state index in [4.69, 9.17) is 18.6 Å². The van der Waals surface area contributed by atoms with Crippen LogP contribution in [0.1, 0.15) is 11.5 Å². The number of nitrogens with zero attached hydrogens (tertiary/aromatic N) is 1. The lowest BCUT2D eigenvalue weighted by Crippen LogP contribution is -1.90. The maximum absolute atomic E-state index is 5.77. The fraction of sp³-hybridized carbons (Fsp3) is 0.150. The van der Waals surface area contributed by atoms with Crippen molar-refractivity contribution in [3.63, 3.8) is 0 Å². The number of aromatic nitrogens is 1. The Hall–Kier alpha value is -3.21. The highest BCUT2D eigenvalue weighted by Gasteiger charge is 2.06. The van der Waals surface area contributed by atoms with E-state index in [1.165, 1.54) is 0 Å². The zero-order chi connectivity index (χ0) is 17.6. The largest absolute Gasteiger partial charge is 0.497 e. The minimum Gasteiger partial charge on any atom is -0.497 e. The predicted octanol–water partition coefficient (Wildman–Crippen LogP) is 4.54. The third kappa shape index (κ3) is 3.83. The predicted molar refractivity (Wildman–Crippen MR) is 97.0 cm³/mol. The molecule has 0 saturated heterocycles. The van der Waals surface area contributed by atoms with Gasteiger partial charge in [0.05, 0.1) is 27.5 Å². The minimum absolute atomic E-state index is 0.528. The quantitative estimate of drug-likeness (QED) is 0.661. The van der Waals surface area contributed by atoms with Crippen molar-refractivity contribution >= 4 is 12.2 Å². The molecule has 0 amide bonds. The molecule has 2 aromatic carbocycles. The third-order valence-corrected chi connectivity index (χ3v) is 3.72. The number of ether oxygens (including phenoxy) is 3. The Morgan fingerprint density at radius 1 is 0.840 bits per heavy atom. The molecule has 1 heterocycles. The van der Waals surface area contributed by atoms with Gasteiger partial charge in [0.2, 0.25) is 5.89 Å². The van der Waals surface area contributed by atoms with Gasteiger partial charge in [-0.3, -0.25) is 0 Å². The Labute approximate surface area is 146 Å². The summed E-state index contributed by atoms with van der Waals surface area (Å²) in [7, 11) is 4.86. The van der Waals surface area contributed by atoms with Gasteiger partial charge in [-0.2, -0.15) is 0 Å². The second kappa shape index (κ2) is 7.57. The van der Waals surface area contributed by atoms with E-state index in [-0.39, 0.29) is 0 Å². The molecule has 1 aromatic heterocycles. The molecule has 0 aliphatic carbocycles. The first-order valence-electron chi connectivity index (χ1n) is 7.74. The Balaban J connectivity index is 1.77. The van der Waals surface area contributed by atoms with Crippen molar-refractivity contribution < 1.29 is 18.6 Å². The van der Waals surface area contributed by atoms with Crippen LogP contribution in [-0.2, 0) is 0 Å². The van der Waals surface area contributed by atoms with E-state index >= 15 is 0 Å². The molecule has 0 radical (unpaired) electrons. The van der Waals surface area contributed by atoms with Crippen molar-refractivity contribution in [3.05, 3.63) is 60.1 Å². The summed E-state index contributed by atoms with van der Waals surface area (Å²) < 4.78 is 21.5. The highest BCUT2D eigenvalue weighted by atomic mass is 16.5. The van der Waals surface area contributed by atoms with E-state index in [0.717, 1.165) is 16.9 Å². The van der Waals surface area contributed by atoms with Crippen LogP contribution < -0.4 is 14.2 Å². The molecule has 0 unspecified atom stereocenters. The first-order chi connectivity index (χ1) is 12.2. The summed E-state index contributed by atoms with van der Waals surface area (Å²) in [6.07, 6.45) is 5.43. The summed E-state index contributed by atoms with van der Waals surface area (Å²) in [5.74, 6) is 3.40. The van der Waals surface area contributed by atoms with Crippen LogP contribution in [0.5, 0.6) is 17.2 Å². The monoisotopic (exact) mass is 337 g/mol. The number of rotatable bonds is 6. The van der Waals surface area contributed by atoms with Gasteiger partial charge in [0.1, 0.15) is 5.75 Å². The van der Waals surface area contributed by atoms with Crippen LogP contribution in [-0.4, -0.2) is 26.3 Å². The molecule has 0 N–H and O–H groups in total. The number of methoxy groups -OCH3 is 3. The number of hydrogen-bond donors (Lipinski definition) is 0. The number of hydrogen-bond acceptors (Lipinski definition) is 5. The Bertz CT molecular complexity index is 866. The Morgan fingerprint density at radius 3 is 2.28 bits per heavy atom. The van der Waals surface area contributed by atoms with Crippen molar-refractivity contribution in [2.45, 2.75) is 0 Å². The molecule has 0 aliphatic heterocycles. The van der Waals surface area contributed by atoms with Crippen LogP contribution >= 0.6 is 0 Å². The Kier molecular flexibility index (Phi) is 5.04. The van der Waals surface area contributed by atoms with Crippen LogP contribution in [0.15, 0.2) is 53.1 Å². The molecule has 5 heteroatoms. The van der Waals surface area contributed by atoms with Gasteiger partial charge in [0.25, 0.3) is 0 Å². The van der Waals surface area contributed by atoms with Gasteiger partial charge < -0.3 is 18.6 Å². The second-order valence-corrected chi connectivity index (χ2v) is 5.24. The molecule has 0 aliphatic rings. The Morgan fingerprint density at radius 2 is 1.60 bits per heavy atom. The van der Waals surface area contributed by atoms with Gasteiger partial charge in [0, 0.05) is 11.6 Å². The molecule has 5 nitrogen and oxygen atoms in total. The average molecular weight is 337 g/mol. The molecule has 0 bridgehead atoms. The normalized spacial score (nSPS) is 10.8. The van der Waals surface area contributed by atoms with E-state index in [2.05, 4.69) is 4.98 Å². The lowest BCUT2D eigenvalue weighted by molar-refractivity contribution is 0.355. The third-order valence-electron chi connectivity index (χ3n) is 3.72. The fourth-order valence-corrected chi connectivity index (χ4v) is 2.38. The summed E-state index contributed by atoms with van der Waals surface area (Å²) in [6, 6.07) is 13.3. The summed E-state index contributed by atoms with van der Waals surface area (Å²) >= 11 is 0. The smallest absolute Gasteiger partial charge is 0.219 e. The van der Waals surface area contributed by atoms with Crippen molar-refractivity contribution in [1.29, 1.82) is 0 Å². The van der Waals surface area contributed by atoms with Crippen molar-refractivity contribution in [1.82, 2.24) is 4.98 Å². The second-order valence-electron chi connectivity index (χ2n) is 5.24. The standard InChI is InChI=1S/C20H19NO4/c1-22-16-8-6-15(7-9-16)19-13-21-20(25-19)11-5-14-4-10-17(23-2)18(12-14)24-3/h4-13H,1-3H3/b11-5+. The van der Waals surface area contributed by atoms with Gasteiger partial charge in [-0.25, -0.2) is 4.98 Å². The molecule has 0 atom stereocenters. The molecule has 3 aromatic rings. The van der Waals surface area contributed by atoms with E-state index in [9.17, 15) is 0 Å². The number of oxazole rings is 1. The fourth-order valence-electron chi connectivity index (χ4n) is 2.38. The molecular formula is C20H19NO4. The van der Waals surface area contributed by atoms with Crippen LogP contribution in [0.3, 0.4) is 0 Å². The molecule has 128 valence electrons. The van der Waals surface area contributed by atoms with E-state index in [0.29, 0.717) is 23.1 Å². The van der Waals surface area contributed by atoms with Crippen molar-refractivity contribution in [3.8, 4) is 28.6 Å². The minimum atomic E-state index is 0.528. The molecule has 0 saturated carbocycles. The van der Waals surface area contributed by atoms with Crippen LogP contribution in [0.25, 0.3) is 23.5 Å². The molecule has 25 heavy (non-hydrogen) atoms. The first-order valence-corrected chi connectivity index (χ1v) is 7.74. The van der Waals surface area contributed by atoms with Gasteiger partial charge in [0.15, 0.2) is 17.3 Å². The molecular weight excluding hydrogens is 318 g/mol. The van der Waals surface area contributed by atoms with Crippen molar-refractivity contribution in [2.75, 3.05) is 21.3 Å². The topological polar surface area (TPSA) is 53.7 Å². The van der Waals surface area contributed by atoms with Gasteiger partial charge in [-0.1, -0.05) is 6.07 Å². The maximum atomic E-state index is 5.77. The highest BCUT2D eigenvalue weighted by Crippen LogP contribution is 2.28. The molecule has 3 rings (SSSR count). The number of benzene rings is 2. The van der Waals surface area contributed by atoms with Crippen LogP contribution in [0, 0.1) is 0 Å². The highest BCUT2D eigenvalue weighted by molar-refractivity contribution is 5.69. The van der Waals surface area contributed by atoms with Gasteiger partial charge in [-0.15, -0.1) is 0 Å². The molecule has 0 fully saturated rings. The average Bonchev–Trinajstić information content (AvgIpc) is 3.15. The lowest BCUT2D eigenvalue weighted by atomic mass is 10.2. The van der Waals surface area contributed by atoms with Crippen molar-refractivity contribution in [2.24, 2.45) is 0 Å².